The summed E-state index contributed by atoms with van der Waals surface area (Å²) in [6, 6.07) is 7.74. The van der Waals surface area contributed by atoms with Gasteiger partial charge in [0.25, 0.3) is 5.91 Å². The van der Waals surface area contributed by atoms with Crippen molar-refractivity contribution in [2.45, 2.75) is 31.0 Å². The van der Waals surface area contributed by atoms with Crippen LogP contribution in [0.5, 0.6) is 0 Å². The van der Waals surface area contributed by atoms with Crippen molar-refractivity contribution in [3.05, 3.63) is 36.9 Å². The molecule has 0 saturated heterocycles. The lowest BCUT2D eigenvalue weighted by Crippen LogP contribution is -2.43. The summed E-state index contributed by atoms with van der Waals surface area (Å²) in [6.07, 6.45) is -0.0263. The predicted octanol–water partition coefficient (Wildman–Crippen LogP) is 2.65. The highest BCUT2D eigenvalue weighted by Gasteiger charge is 2.29. The average Bonchev–Trinajstić information content (AvgIpc) is 2.58. The van der Waals surface area contributed by atoms with Gasteiger partial charge in [0.1, 0.15) is 0 Å². The molecule has 124 valence electrons. The summed E-state index contributed by atoms with van der Waals surface area (Å²) >= 11 is 1.72. The van der Waals surface area contributed by atoms with Crippen LogP contribution in [0.2, 0.25) is 0 Å². The molecule has 6 heteroatoms. The van der Waals surface area contributed by atoms with Crippen LogP contribution in [0.3, 0.4) is 0 Å². The monoisotopic (exact) mass is 335 g/mol. The molecule has 0 radical (unpaired) electrons. The van der Waals surface area contributed by atoms with Crippen molar-refractivity contribution in [1.29, 1.82) is 0 Å². The molecule has 0 aromatic heterocycles. The van der Waals surface area contributed by atoms with Crippen LogP contribution < -0.4 is 4.90 Å². The van der Waals surface area contributed by atoms with Gasteiger partial charge in [0.15, 0.2) is 12.2 Å². The number of ether oxygens (including phenoxy) is 2. The molecule has 0 bridgehead atoms. The fourth-order valence-corrected chi connectivity index (χ4v) is 3.21. The molecule has 0 saturated carbocycles. The fraction of sp³-hybridized carbons (Fsp3) is 0.412. The van der Waals surface area contributed by atoms with Gasteiger partial charge in [0, 0.05) is 17.2 Å². The number of nitrogens with zero attached hydrogens (tertiary/aromatic N) is 1. The van der Waals surface area contributed by atoms with Crippen LogP contribution in [0.25, 0.3) is 0 Å². The van der Waals surface area contributed by atoms with Crippen molar-refractivity contribution < 1.29 is 19.1 Å². The lowest BCUT2D eigenvalue weighted by molar-refractivity contribution is -0.163. The average molecular weight is 335 g/mol. The van der Waals surface area contributed by atoms with Crippen molar-refractivity contribution in [1.82, 2.24) is 0 Å². The highest BCUT2D eigenvalue weighted by Crippen LogP contribution is 2.34. The topological polar surface area (TPSA) is 55.8 Å². The summed E-state index contributed by atoms with van der Waals surface area (Å²) in [5.74, 6) is 0.0526. The maximum Gasteiger partial charge on any atom is 0.335 e. The number of carbonyl (C=O) groups excluding carboxylic acids is 2. The molecule has 2 rings (SSSR count). The summed E-state index contributed by atoms with van der Waals surface area (Å²) < 4.78 is 10.5. The summed E-state index contributed by atoms with van der Waals surface area (Å²) in [4.78, 5) is 27.3. The lowest BCUT2D eigenvalue weighted by Gasteiger charge is -2.31. The number of fused-ring (bicyclic) bond motifs is 1. The van der Waals surface area contributed by atoms with E-state index in [2.05, 4.69) is 6.58 Å². The minimum absolute atomic E-state index is 0.220. The molecular formula is C17H21NO4S. The largest absolute Gasteiger partial charge is 0.451 e. The van der Waals surface area contributed by atoms with Gasteiger partial charge in [-0.05, 0) is 26.0 Å². The Morgan fingerprint density at radius 1 is 1.35 bits per heavy atom. The molecule has 0 aliphatic carbocycles. The first-order valence-electron chi connectivity index (χ1n) is 7.50. The number of benzene rings is 1. The van der Waals surface area contributed by atoms with E-state index in [1.54, 1.807) is 36.6 Å². The normalized spacial score (nSPS) is 16.2. The minimum atomic E-state index is -0.853. The van der Waals surface area contributed by atoms with Crippen molar-refractivity contribution in [3.63, 3.8) is 0 Å². The molecule has 0 fully saturated rings. The van der Waals surface area contributed by atoms with Crippen molar-refractivity contribution >= 4 is 29.3 Å². The Morgan fingerprint density at radius 2 is 2.09 bits per heavy atom. The first-order valence-corrected chi connectivity index (χ1v) is 8.49. The van der Waals surface area contributed by atoms with Gasteiger partial charge in [0.05, 0.1) is 12.3 Å². The molecule has 1 amide bonds. The minimum Gasteiger partial charge on any atom is -0.451 e. The van der Waals surface area contributed by atoms with Crippen molar-refractivity contribution in [2.24, 2.45) is 0 Å². The Balaban J connectivity index is 2.00. The first kappa shape index (κ1) is 17.6. The Hall–Kier alpha value is -1.79. The number of anilines is 1. The second-order valence-electron chi connectivity index (χ2n) is 5.15. The Kier molecular flexibility index (Phi) is 6.24. The zero-order valence-electron chi connectivity index (χ0n) is 13.4. The molecule has 5 nitrogen and oxygen atoms in total. The smallest absolute Gasteiger partial charge is 0.335 e. The van der Waals surface area contributed by atoms with E-state index in [0.717, 1.165) is 16.3 Å². The van der Waals surface area contributed by atoms with E-state index in [4.69, 9.17) is 9.47 Å². The highest BCUT2D eigenvalue weighted by atomic mass is 32.2. The maximum atomic E-state index is 12.6. The number of hydrogen-bond donors (Lipinski definition) is 0. The third-order valence-corrected chi connectivity index (χ3v) is 4.47. The number of thioether (sulfide) groups is 1. The summed E-state index contributed by atoms with van der Waals surface area (Å²) in [5.41, 5.74) is 0.868. The van der Waals surface area contributed by atoms with E-state index in [0.29, 0.717) is 6.54 Å². The third kappa shape index (κ3) is 4.36. The van der Waals surface area contributed by atoms with Crippen LogP contribution in [0.4, 0.5) is 5.69 Å². The number of amides is 1. The molecule has 2 unspecified atom stereocenters. The molecule has 2 atom stereocenters. The Morgan fingerprint density at radius 3 is 2.83 bits per heavy atom. The Bertz CT molecular complexity index is 590. The van der Waals surface area contributed by atoms with E-state index < -0.39 is 18.2 Å². The SMILES string of the molecule is C=CCOC(C)C(=O)OC(C)C(=O)N1CCSc2ccccc21. The summed E-state index contributed by atoms with van der Waals surface area (Å²) in [6.45, 7) is 7.57. The van der Waals surface area contributed by atoms with Gasteiger partial charge in [-0.1, -0.05) is 18.2 Å². The van der Waals surface area contributed by atoms with Crippen LogP contribution in [0.1, 0.15) is 13.8 Å². The van der Waals surface area contributed by atoms with Crippen LogP contribution >= 0.6 is 11.8 Å². The van der Waals surface area contributed by atoms with Crippen LogP contribution in [0, 0.1) is 0 Å². The van der Waals surface area contributed by atoms with Crippen LogP contribution in [-0.2, 0) is 19.1 Å². The molecular weight excluding hydrogens is 314 g/mol. The predicted molar refractivity (Wildman–Crippen MR) is 90.7 cm³/mol. The second kappa shape index (κ2) is 8.17. The molecule has 1 aromatic carbocycles. The van der Waals surface area contributed by atoms with Crippen molar-refractivity contribution in [2.75, 3.05) is 23.8 Å². The molecule has 1 aliphatic rings. The van der Waals surface area contributed by atoms with Crippen molar-refractivity contribution in [3.8, 4) is 0 Å². The standard InChI is InChI=1S/C17H21NO4S/c1-4-10-21-13(3)17(20)22-12(2)16(19)18-9-11-23-15-8-6-5-7-14(15)18/h4-8,12-13H,1,9-11H2,2-3H3. The fourth-order valence-electron chi connectivity index (χ4n) is 2.22. The lowest BCUT2D eigenvalue weighted by atomic mass is 10.2. The Labute approximate surface area is 140 Å². The van der Waals surface area contributed by atoms with Gasteiger partial charge in [0.2, 0.25) is 0 Å². The first-order chi connectivity index (χ1) is 11.0. The van der Waals surface area contributed by atoms with E-state index in [1.165, 1.54) is 0 Å². The van der Waals surface area contributed by atoms with E-state index >= 15 is 0 Å². The number of rotatable bonds is 6. The van der Waals surface area contributed by atoms with Gasteiger partial charge in [-0.25, -0.2) is 4.79 Å². The summed E-state index contributed by atoms with van der Waals surface area (Å²) in [5, 5.41) is 0. The zero-order chi connectivity index (χ0) is 16.8. The van der Waals surface area contributed by atoms with E-state index in [-0.39, 0.29) is 12.5 Å². The summed E-state index contributed by atoms with van der Waals surface area (Å²) in [7, 11) is 0. The van der Waals surface area contributed by atoms with Crippen LogP contribution in [0.15, 0.2) is 41.8 Å². The third-order valence-electron chi connectivity index (χ3n) is 3.43. The molecule has 1 heterocycles. The van der Waals surface area contributed by atoms with Gasteiger partial charge in [-0.3, -0.25) is 4.79 Å². The van der Waals surface area contributed by atoms with Crippen LogP contribution in [-0.4, -0.2) is 43.0 Å². The number of hydrogen-bond acceptors (Lipinski definition) is 5. The second-order valence-corrected chi connectivity index (χ2v) is 6.29. The number of carbonyl (C=O) groups is 2. The maximum absolute atomic E-state index is 12.6. The van der Waals surface area contributed by atoms with Gasteiger partial charge in [-0.15, -0.1) is 18.3 Å². The molecule has 1 aliphatic heterocycles. The molecule has 23 heavy (non-hydrogen) atoms. The van der Waals surface area contributed by atoms with E-state index in [1.807, 2.05) is 24.3 Å². The zero-order valence-corrected chi connectivity index (χ0v) is 14.2. The van der Waals surface area contributed by atoms with E-state index in [9.17, 15) is 9.59 Å². The number of esters is 1. The molecule has 0 N–H and O–H groups in total. The quantitative estimate of drug-likeness (QED) is 0.591. The highest BCUT2D eigenvalue weighted by molar-refractivity contribution is 7.99. The van der Waals surface area contributed by atoms with Gasteiger partial charge in [-0.2, -0.15) is 0 Å². The van der Waals surface area contributed by atoms with Gasteiger partial charge < -0.3 is 14.4 Å². The molecule has 0 spiro atoms. The van der Waals surface area contributed by atoms with Gasteiger partial charge >= 0.3 is 5.97 Å². The molecule has 1 aromatic rings. The number of para-hydroxylation sites is 1.